The van der Waals surface area contributed by atoms with Gasteiger partial charge in [0.2, 0.25) is 0 Å². The summed E-state index contributed by atoms with van der Waals surface area (Å²) in [5.74, 6) is 1.32. The highest BCUT2D eigenvalue weighted by molar-refractivity contribution is 5.92. The van der Waals surface area contributed by atoms with Crippen LogP contribution < -0.4 is 4.74 Å². The molecule has 6 heteroatoms. The molecule has 2 heterocycles. The van der Waals surface area contributed by atoms with Crippen molar-refractivity contribution in [3.8, 4) is 5.75 Å². The van der Waals surface area contributed by atoms with Crippen LogP contribution in [0, 0.1) is 6.92 Å². The fourth-order valence-corrected chi connectivity index (χ4v) is 3.40. The molecular formula is C18H23N3O3. The predicted octanol–water partition coefficient (Wildman–Crippen LogP) is 2.24. The quantitative estimate of drug-likeness (QED) is 0.902. The van der Waals surface area contributed by atoms with Crippen molar-refractivity contribution in [2.24, 2.45) is 0 Å². The molecule has 2 aromatic rings. The average Bonchev–Trinajstić information content (AvgIpc) is 3.23. The van der Waals surface area contributed by atoms with E-state index in [4.69, 9.17) is 4.74 Å². The number of nitrogens with zero attached hydrogens (tertiary/aromatic N) is 2. The molecule has 128 valence electrons. The van der Waals surface area contributed by atoms with Crippen LogP contribution in [0.2, 0.25) is 0 Å². The lowest BCUT2D eigenvalue weighted by Crippen LogP contribution is -2.48. The number of H-pyrrole nitrogens is 1. The minimum absolute atomic E-state index is 0.119. The van der Waals surface area contributed by atoms with E-state index in [0.29, 0.717) is 18.1 Å². The number of hydrogen-bond donors (Lipinski definition) is 2. The molecule has 2 N–H and O–H groups in total. The van der Waals surface area contributed by atoms with E-state index in [9.17, 15) is 9.90 Å². The molecule has 0 spiro atoms. The molecular weight excluding hydrogens is 306 g/mol. The maximum Gasteiger partial charge on any atom is 0.272 e. The lowest BCUT2D eigenvalue weighted by atomic mass is 9.86. The van der Waals surface area contributed by atoms with E-state index in [2.05, 4.69) is 9.97 Å². The summed E-state index contributed by atoms with van der Waals surface area (Å²) in [6, 6.07) is 7.06. The number of benzene rings is 1. The normalized spacial score (nSPS) is 20.0. The summed E-state index contributed by atoms with van der Waals surface area (Å²) in [6.45, 7) is 4.21. The number of aryl methyl sites for hydroxylation is 1. The van der Waals surface area contributed by atoms with Crippen molar-refractivity contribution in [1.29, 1.82) is 0 Å². The summed E-state index contributed by atoms with van der Waals surface area (Å²) >= 11 is 0. The number of imidazole rings is 1. The molecule has 1 saturated heterocycles. The van der Waals surface area contributed by atoms with E-state index < -0.39 is 5.60 Å². The van der Waals surface area contributed by atoms with E-state index in [1.807, 2.05) is 31.2 Å². The molecule has 1 amide bonds. The van der Waals surface area contributed by atoms with Crippen LogP contribution in [0.3, 0.4) is 0 Å². The van der Waals surface area contributed by atoms with Gasteiger partial charge in [0.15, 0.2) is 0 Å². The molecule has 1 aromatic carbocycles. The third-order valence-corrected chi connectivity index (χ3v) is 4.77. The molecule has 0 bridgehead atoms. The molecule has 0 saturated carbocycles. The van der Waals surface area contributed by atoms with E-state index in [1.54, 1.807) is 25.1 Å². The Labute approximate surface area is 141 Å². The van der Waals surface area contributed by atoms with Crippen LogP contribution in [0.15, 0.2) is 30.5 Å². The third-order valence-electron chi connectivity index (χ3n) is 4.77. The van der Waals surface area contributed by atoms with Gasteiger partial charge >= 0.3 is 0 Å². The van der Waals surface area contributed by atoms with Gasteiger partial charge in [-0.25, -0.2) is 4.98 Å². The first-order valence-corrected chi connectivity index (χ1v) is 8.13. The van der Waals surface area contributed by atoms with Gasteiger partial charge in [-0.15, -0.1) is 0 Å². The van der Waals surface area contributed by atoms with Gasteiger partial charge in [-0.3, -0.25) is 4.79 Å². The van der Waals surface area contributed by atoms with Crippen LogP contribution >= 0.6 is 0 Å². The maximum atomic E-state index is 12.8. The van der Waals surface area contributed by atoms with E-state index in [0.717, 1.165) is 24.2 Å². The van der Waals surface area contributed by atoms with Crippen molar-refractivity contribution in [1.82, 2.24) is 14.9 Å². The SMILES string of the molecule is COc1ccc(C(C)(O)C2CCCN2C(=O)c2cnc(C)[nH]2)cc1. The van der Waals surface area contributed by atoms with E-state index >= 15 is 0 Å². The highest BCUT2D eigenvalue weighted by atomic mass is 16.5. The Morgan fingerprint density at radius 1 is 1.42 bits per heavy atom. The maximum absolute atomic E-state index is 12.8. The highest BCUT2D eigenvalue weighted by Gasteiger charge is 2.43. The summed E-state index contributed by atoms with van der Waals surface area (Å²) in [7, 11) is 1.61. The van der Waals surface area contributed by atoms with Gasteiger partial charge in [-0.05, 0) is 44.4 Å². The second-order valence-electron chi connectivity index (χ2n) is 6.41. The fraction of sp³-hybridized carbons (Fsp3) is 0.444. The first-order chi connectivity index (χ1) is 11.4. The second-order valence-corrected chi connectivity index (χ2v) is 6.41. The third kappa shape index (κ3) is 2.89. The number of methoxy groups -OCH3 is 1. The van der Waals surface area contributed by atoms with Crippen LogP contribution in [0.4, 0.5) is 0 Å². The molecule has 1 fully saturated rings. The largest absolute Gasteiger partial charge is 0.497 e. The number of likely N-dealkylation sites (tertiary alicyclic amines) is 1. The van der Waals surface area contributed by atoms with Crippen LogP contribution in [0.5, 0.6) is 5.75 Å². The Hall–Kier alpha value is -2.34. The molecule has 2 unspecified atom stereocenters. The number of aromatic amines is 1. The predicted molar refractivity (Wildman–Crippen MR) is 89.9 cm³/mol. The van der Waals surface area contributed by atoms with E-state index in [-0.39, 0.29) is 11.9 Å². The van der Waals surface area contributed by atoms with Crippen molar-refractivity contribution in [3.63, 3.8) is 0 Å². The van der Waals surface area contributed by atoms with Crippen LogP contribution in [0.1, 0.15) is 41.6 Å². The number of aliphatic hydroxyl groups is 1. The smallest absolute Gasteiger partial charge is 0.272 e. The summed E-state index contributed by atoms with van der Waals surface area (Å²) < 4.78 is 5.17. The molecule has 0 radical (unpaired) electrons. The van der Waals surface area contributed by atoms with Gasteiger partial charge in [0.1, 0.15) is 22.9 Å². The zero-order chi connectivity index (χ0) is 17.3. The van der Waals surface area contributed by atoms with Gasteiger partial charge in [-0.1, -0.05) is 12.1 Å². The molecule has 1 aliphatic heterocycles. The Morgan fingerprint density at radius 2 is 2.12 bits per heavy atom. The van der Waals surface area contributed by atoms with Gasteiger partial charge in [-0.2, -0.15) is 0 Å². The molecule has 3 rings (SSSR count). The molecule has 24 heavy (non-hydrogen) atoms. The topological polar surface area (TPSA) is 78.5 Å². The fourth-order valence-electron chi connectivity index (χ4n) is 3.40. The zero-order valence-corrected chi connectivity index (χ0v) is 14.2. The van der Waals surface area contributed by atoms with Gasteiger partial charge in [0.05, 0.1) is 19.3 Å². The van der Waals surface area contributed by atoms with Crippen molar-refractivity contribution in [3.05, 3.63) is 47.5 Å². The minimum atomic E-state index is -1.13. The number of rotatable bonds is 4. The minimum Gasteiger partial charge on any atom is -0.497 e. The summed E-state index contributed by atoms with van der Waals surface area (Å²) in [5, 5.41) is 11.2. The number of carbonyl (C=O) groups is 1. The van der Waals surface area contributed by atoms with Crippen LogP contribution in [-0.4, -0.2) is 45.6 Å². The number of hydrogen-bond acceptors (Lipinski definition) is 4. The number of aromatic nitrogens is 2. The summed E-state index contributed by atoms with van der Waals surface area (Å²) in [5.41, 5.74) is 0.103. The molecule has 6 nitrogen and oxygen atoms in total. The number of carbonyl (C=O) groups excluding carboxylic acids is 1. The summed E-state index contributed by atoms with van der Waals surface area (Å²) in [4.78, 5) is 21.6. The van der Waals surface area contributed by atoms with Crippen molar-refractivity contribution in [2.45, 2.75) is 38.3 Å². The zero-order valence-electron chi connectivity index (χ0n) is 14.2. The van der Waals surface area contributed by atoms with Gasteiger partial charge < -0.3 is 19.7 Å². The number of nitrogens with one attached hydrogen (secondary N) is 1. The van der Waals surface area contributed by atoms with Crippen molar-refractivity contribution in [2.75, 3.05) is 13.7 Å². The first kappa shape index (κ1) is 16.5. The lowest BCUT2D eigenvalue weighted by molar-refractivity contribution is -0.0179. The average molecular weight is 329 g/mol. The molecule has 2 atom stereocenters. The Balaban J connectivity index is 1.86. The van der Waals surface area contributed by atoms with Crippen LogP contribution in [-0.2, 0) is 5.60 Å². The molecule has 1 aromatic heterocycles. The second kappa shape index (κ2) is 6.28. The number of ether oxygens (including phenoxy) is 1. The first-order valence-electron chi connectivity index (χ1n) is 8.13. The Bertz CT molecular complexity index is 721. The Morgan fingerprint density at radius 3 is 2.71 bits per heavy atom. The van der Waals surface area contributed by atoms with Crippen molar-refractivity contribution < 1.29 is 14.6 Å². The van der Waals surface area contributed by atoms with Gasteiger partial charge in [0.25, 0.3) is 5.91 Å². The lowest BCUT2D eigenvalue weighted by Gasteiger charge is -2.36. The van der Waals surface area contributed by atoms with E-state index in [1.165, 1.54) is 0 Å². The van der Waals surface area contributed by atoms with Crippen molar-refractivity contribution >= 4 is 5.91 Å². The molecule has 0 aliphatic carbocycles. The monoisotopic (exact) mass is 329 g/mol. The standard InChI is InChI=1S/C18H23N3O3/c1-12-19-11-15(20-12)17(22)21-10-4-5-16(21)18(2,23)13-6-8-14(24-3)9-7-13/h6-9,11,16,23H,4-5,10H2,1-3H3,(H,19,20). The molecule has 1 aliphatic rings. The Kier molecular flexibility index (Phi) is 4.32. The van der Waals surface area contributed by atoms with Gasteiger partial charge in [0, 0.05) is 6.54 Å². The van der Waals surface area contributed by atoms with Crippen LogP contribution in [0.25, 0.3) is 0 Å². The summed E-state index contributed by atoms with van der Waals surface area (Å²) in [6.07, 6.45) is 3.18. The number of amides is 1. The highest BCUT2D eigenvalue weighted by Crippen LogP contribution is 2.35.